The molecule has 0 bridgehead atoms. The fourth-order valence-electron chi connectivity index (χ4n) is 2.68. The highest BCUT2D eigenvalue weighted by atomic mass is 16.4. The average Bonchev–Trinajstić information content (AvgIpc) is 2.66. The van der Waals surface area contributed by atoms with Gasteiger partial charge < -0.3 is 5.11 Å². The maximum absolute atomic E-state index is 12.9. The lowest BCUT2D eigenvalue weighted by Crippen LogP contribution is -2.22. The zero-order valence-corrected chi connectivity index (χ0v) is 14.4. The van der Waals surface area contributed by atoms with Gasteiger partial charge in [0.1, 0.15) is 5.65 Å². The van der Waals surface area contributed by atoms with Crippen molar-refractivity contribution in [1.29, 1.82) is 0 Å². The normalized spacial score (nSPS) is 11.3. The van der Waals surface area contributed by atoms with Gasteiger partial charge in [0.25, 0.3) is 5.56 Å². The maximum atomic E-state index is 12.9. The van der Waals surface area contributed by atoms with Crippen molar-refractivity contribution in [2.24, 2.45) is 0 Å². The predicted molar refractivity (Wildman–Crippen MR) is 100 cm³/mol. The molecule has 3 rings (SSSR count). The number of rotatable bonds is 6. The van der Waals surface area contributed by atoms with E-state index in [0.29, 0.717) is 23.3 Å². The molecule has 0 amide bonds. The van der Waals surface area contributed by atoms with E-state index < -0.39 is 5.97 Å². The fourth-order valence-corrected chi connectivity index (χ4v) is 2.68. The van der Waals surface area contributed by atoms with Crippen molar-refractivity contribution >= 4 is 23.8 Å². The van der Waals surface area contributed by atoms with Crippen LogP contribution in [0, 0.1) is 0 Å². The second kappa shape index (κ2) is 7.74. The molecule has 132 valence electrons. The van der Waals surface area contributed by atoms with E-state index in [0.717, 1.165) is 18.5 Å². The van der Waals surface area contributed by atoms with Crippen molar-refractivity contribution in [3.63, 3.8) is 0 Å². The molecule has 3 heterocycles. The van der Waals surface area contributed by atoms with E-state index in [9.17, 15) is 9.59 Å². The summed E-state index contributed by atoms with van der Waals surface area (Å²) in [6, 6.07) is 8.59. The lowest BCUT2D eigenvalue weighted by Gasteiger charge is -2.09. The number of aromatic carboxylic acids is 1. The van der Waals surface area contributed by atoms with Gasteiger partial charge in [-0.25, -0.2) is 9.78 Å². The lowest BCUT2D eigenvalue weighted by molar-refractivity contribution is 0.0696. The molecular formula is C20H19N3O3. The summed E-state index contributed by atoms with van der Waals surface area (Å²) in [4.78, 5) is 32.9. The minimum atomic E-state index is -1.08. The fraction of sp³-hybridized carbons (Fsp3) is 0.200. The van der Waals surface area contributed by atoms with Gasteiger partial charge in [0.15, 0.2) is 0 Å². The molecule has 3 aromatic heterocycles. The van der Waals surface area contributed by atoms with Gasteiger partial charge in [-0.15, -0.1) is 0 Å². The van der Waals surface area contributed by atoms with E-state index in [1.807, 2.05) is 24.3 Å². The molecule has 3 aromatic rings. The van der Waals surface area contributed by atoms with Crippen molar-refractivity contribution in [1.82, 2.24) is 14.4 Å². The second-order valence-electron chi connectivity index (χ2n) is 5.92. The second-order valence-corrected chi connectivity index (χ2v) is 5.92. The van der Waals surface area contributed by atoms with E-state index >= 15 is 0 Å². The number of fused-ring (bicyclic) bond motifs is 1. The molecule has 0 aromatic carbocycles. The molecule has 0 spiro atoms. The van der Waals surface area contributed by atoms with Crippen LogP contribution in [-0.2, 0) is 6.42 Å². The van der Waals surface area contributed by atoms with E-state index in [1.165, 1.54) is 16.7 Å². The average molecular weight is 349 g/mol. The van der Waals surface area contributed by atoms with Gasteiger partial charge in [-0.2, -0.15) is 0 Å². The molecular weight excluding hydrogens is 330 g/mol. The first-order valence-electron chi connectivity index (χ1n) is 8.48. The Bertz CT molecular complexity index is 1020. The molecule has 0 atom stereocenters. The van der Waals surface area contributed by atoms with Gasteiger partial charge in [-0.1, -0.05) is 19.4 Å². The first-order valence-corrected chi connectivity index (χ1v) is 8.48. The molecule has 6 nitrogen and oxygen atoms in total. The smallest absolute Gasteiger partial charge is 0.337 e. The summed E-state index contributed by atoms with van der Waals surface area (Å²) in [7, 11) is 0. The molecule has 0 saturated carbocycles. The zero-order chi connectivity index (χ0) is 18.5. The topological polar surface area (TPSA) is 84.6 Å². The summed E-state index contributed by atoms with van der Waals surface area (Å²) in [5, 5.41) is 9.16. The SMILES string of the molecule is CCCCc1c(C=Cc2ccccn2)nc2ccc(C(=O)O)cn2c1=O. The van der Waals surface area contributed by atoms with Crippen LogP contribution >= 0.6 is 0 Å². The molecule has 0 aliphatic carbocycles. The maximum Gasteiger partial charge on any atom is 0.337 e. The van der Waals surface area contributed by atoms with Crippen LogP contribution in [0.25, 0.3) is 17.8 Å². The zero-order valence-electron chi connectivity index (χ0n) is 14.4. The molecule has 0 unspecified atom stereocenters. The number of carboxylic acid groups (broad SMARTS) is 1. The van der Waals surface area contributed by atoms with Crippen LogP contribution in [0.1, 0.15) is 47.1 Å². The van der Waals surface area contributed by atoms with Crippen LogP contribution in [-0.4, -0.2) is 25.4 Å². The summed E-state index contributed by atoms with van der Waals surface area (Å²) in [5.41, 5.74) is 2.20. The highest BCUT2D eigenvalue weighted by molar-refractivity contribution is 5.87. The molecule has 26 heavy (non-hydrogen) atoms. The van der Waals surface area contributed by atoms with Crippen LogP contribution in [0.15, 0.2) is 47.5 Å². The number of nitrogens with zero attached hydrogens (tertiary/aromatic N) is 3. The predicted octanol–water partition coefficient (Wildman–Crippen LogP) is 3.30. The molecule has 0 aliphatic rings. The molecule has 1 N–H and O–H groups in total. The van der Waals surface area contributed by atoms with E-state index in [1.54, 1.807) is 18.3 Å². The van der Waals surface area contributed by atoms with Crippen molar-refractivity contribution in [3.05, 3.63) is 75.6 Å². The summed E-state index contributed by atoms with van der Waals surface area (Å²) in [6.45, 7) is 2.05. The largest absolute Gasteiger partial charge is 0.478 e. The number of aromatic nitrogens is 3. The summed E-state index contributed by atoms with van der Waals surface area (Å²) >= 11 is 0. The minimum absolute atomic E-state index is 0.0552. The number of hydrogen-bond acceptors (Lipinski definition) is 4. The highest BCUT2D eigenvalue weighted by Crippen LogP contribution is 2.13. The van der Waals surface area contributed by atoms with Crippen LogP contribution in [0.4, 0.5) is 0 Å². The number of unbranched alkanes of at least 4 members (excludes halogenated alkanes) is 1. The van der Waals surface area contributed by atoms with E-state index in [-0.39, 0.29) is 11.1 Å². The van der Waals surface area contributed by atoms with Crippen molar-refractivity contribution in [3.8, 4) is 0 Å². The highest BCUT2D eigenvalue weighted by Gasteiger charge is 2.12. The van der Waals surface area contributed by atoms with Gasteiger partial charge in [0, 0.05) is 18.0 Å². The lowest BCUT2D eigenvalue weighted by atomic mass is 10.1. The number of hydrogen-bond donors (Lipinski definition) is 1. The van der Waals surface area contributed by atoms with Crippen molar-refractivity contribution < 1.29 is 9.90 Å². The molecule has 0 aliphatic heterocycles. The van der Waals surface area contributed by atoms with Crippen molar-refractivity contribution in [2.45, 2.75) is 26.2 Å². The molecule has 0 radical (unpaired) electrons. The first-order chi connectivity index (χ1) is 12.6. The molecule has 6 heteroatoms. The van der Waals surface area contributed by atoms with Gasteiger partial charge in [0.2, 0.25) is 0 Å². The summed E-state index contributed by atoms with van der Waals surface area (Å²) in [5.74, 6) is -1.08. The van der Waals surface area contributed by atoms with Crippen LogP contribution in [0.5, 0.6) is 0 Å². The Morgan fingerprint density at radius 3 is 2.77 bits per heavy atom. The minimum Gasteiger partial charge on any atom is -0.478 e. The Labute approximate surface area is 150 Å². The molecule has 0 saturated heterocycles. The van der Waals surface area contributed by atoms with E-state index in [4.69, 9.17) is 5.11 Å². The number of carboxylic acids is 1. The Balaban J connectivity index is 2.14. The van der Waals surface area contributed by atoms with Gasteiger partial charge >= 0.3 is 5.97 Å². The first kappa shape index (κ1) is 17.5. The standard InChI is InChI=1S/C20H19N3O3/c1-2-3-7-16-17(10-9-15-6-4-5-12-21-15)22-18-11-8-14(20(25)26)13-23(18)19(16)24/h4-6,8-13H,2-3,7H2,1H3,(H,25,26). The third-order valence-corrected chi connectivity index (χ3v) is 4.08. The van der Waals surface area contributed by atoms with Crippen LogP contribution in [0.3, 0.4) is 0 Å². The Kier molecular flexibility index (Phi) is 5.22. The van der Waals surface area contributed by atoms with Gasteiger partial charge in [0.05, 0.1) is 17.0 Å². The molecule has 0 fully saturated rings. The van der Waals surface area contributed by atoms with Gasteiger partial charge in [-0.05, 0) is 49.3 Å². The number of pyridine rings is 2. The number of carbonyl (C=O) groups is 1. The third kappa shape index (κ3) is 3.69. The monoisotopic (exact) mass is 349 g/mol. The van der Waals surface area contributed by atoms with Crippen LogP contribution in [0.2, 0.25) is 0 Å². The Morgan fingerprint density at radius 1 is 1.23 bits per heavy atom. The van der Waals surface area contributed by atoms with Crippen LogP contribution < -0.4 is 5.56 Å². The van der Waals surface area contributed by atoms with E-state index in [2.05, 4.69) is 16.9 Å². The quantitative estimate of drug-likeness (QED) is 0.738. The Morgan fingerprint density at radius 2 is 2.08 bits per heavy atom. The summed E-state index contributed by atoms with van der Waals surface area (Å²) < 4.78 is 1.31. The third-order valence-electron chi connectivity index (χ3n) is 4.08. The van der Waals surface area contributed by atoms with Crippen molar-refractivity contribution in [2.75, 3.05) is 0 Å². The van der Waals surface area contributed by atoms with Gasteiger partial charge in [-0.3, -0.25) is 14.2 Å². The Hall–Kier alpha value is -3.28. The summed E-state index contributed by atoms with van der Waals surface area (Å²) in [6.07, 6.45) is 9.03.